The van der Waals surface area contributed by atoms with Gasteiger partial charge in [-0.05, 0) is 38.5 Å². The first kappa shape index (κ1) is 41.9. The van der Waals surface area contributed by atoms with Crippen LogP contribution in [0.25, 0.3) is 0 Å². The highest BCUT2D eigenvalue weighted by Crippen LogP contribution is 2.19. The van der Waals surface area contributed by atoms with E-state index in [2.05, 4.69) is 13.8 Å². The van der Waals surface area contributed by atoms with E-state index in [4.69, 9.17) is 9.84 Å². The van der Waals surface area contributed by atoms with Crippen molar-refractivity contribution in [3.8, 4) is 0 Å². The van der Waals surface area contributed by atoms with Crippen LogP contribution in [0.3, 0.4) is 0 Å². The van der Waals surface area contributed by atoms with Crippen LogP contribution in [0.5, 0.6) is 0 Å². The predicted molar refractivity (Wildman–Crippen MR) is 186 cm³/mol. The van der Waals surface area contributed by atoms with E-state index < -0.39 is 5.97 Å². The molecule has 4 heteroatoms. The lowest BCUT2D eigenvalue weighted by Crippen LogP contribution is -2.18. The van der Waals surface area contributed by atoms with Crippen LogP contribution >= 0.6 is 0 Å². The Morgan fingerprint density at radius 1 is 0.419 bits per heavy atom. The standard InChI is InChI=1S/C39H76O4/c1-3-5-7-9-11-13-15-17-18-19-21-23-25-29-33-37(34-30-27-28-31-35-38(40)41)43-39(42)36-32-26-24-22-20-16-14-12-10-8-6-4-2/h37H,3-36H2,1-2H3,(H,40,41). The Morgan fingerprint density at radius 3 is 1.02 bits per heavy atom. The monoisotopic (exact) mass is 609 g/mol. The number of carbonyl (C=O) groups is 2. The summed E-state index contributed by atoms with van der Waals surface area (Å²) in [6, 6.07) is 0. The second-order valence-corrected chi connectivity index (χ2v) is 13.5. The summed E-state index contributed by atoms with van der Waals surface area (Å²) in [6.07, 6.45) is 41.2. The Bertz CT molecular complexity index is 576. The summed E-state index contributed by atoms with van der Waals surface area (Å²) in [5.74, 6) is -0.712. The highest BCUT2D eigenvalue weighted by Gasteiger charge is 2.14. The van der Waals surface area contributed by atoms with Crippen molar-refractivity contribution in [2.45, 2.75) is 238 Å². The minimum atomic E-state index is -0.706. The van der Waals surface area contributed by atoms with Gasteiger partial charge >= 0.3 is 11.9 Å². The van der Waals surface area contributed by atoms with Crippen molar-refractivity contribution in [3.63, 3.8) is 0 Å². The number of carboxylic acid groups (broad SMARTS) is 1. The number of hydrogen-bond donors (Lipinski definition) is 1. The third-order valence-corrected chi connectivity index (χ3v) is 9.08. The molecule has 43 heavy (non-hydrogen) atoms. The molecule has 0 fully saturated rings. The number of carbonyl (C=O) groups excluding carboxylic acids is 1. The van der Waals surface area contributed by atoms with E-state index in [9.17, 15) is 9.59 Å². The van der Waals surface area contributed by atoms with Gasteiger partial charge in [-0.15, -0.1) is 0 Å². The Labute approximate surface area is 269 Å². The van der Waals surface area contributed by atoms with Gasteiger partial charge in [-0.1, -0.05) is 181 Å². The molecular weight excluding hydrogens is 532 g/mol. The maximum atomic E-state index is 12.6. The first-order chi connectivity index (χ1) is 21.1. The highest BCUT2D eigenvalue weighted by atomic mass is 16.5. The molecule has 0 aromatic rings. The topological polar surface area (TPSA) is 63.6 Å². The number of esters is 1. The van der Waals surface area contributed by atoms with Gasteiger partial charge in [0.25, 0.3) is 0 Å². The van der Waals surface area contributed by atoms with E-state index in [1.54, 1.807) is 0 Å². The van der Waals surface area contributed by atoms with Crippen molar-refractivity contribution >= 4 is 11.9 Å². The summed E-state index contributed by atoms with van der Waals surface area (Å²) in [6.45, 7) is 4.56. The maximum absolute atomic E-state index is 12.6. The van der Waals surface area contributed by atoms with Crippen LogP contribution in [0.15, 0.2) is 0 Å². The molecule has 256 valence electrons. The third-order valence-electron chi connectivity index (χ3n) is 9.08. The van der Waals surface area contributed by atoms with Crippen LogP contribution in [-0.2, 0) is 14.3 Å². The molecule has 0 saturated heterocycles. The fourth-order valence-electron chi connectivity index (χ4n) is 6.19. The summed E-state index contributed by atoms with van der Waals surface area (Å²) < 4.78 is 5.98. The molecule has 0 aromatic carbocycles. The molecule has 0 amide bonds. The molecule has 0 bridgehead atoms. The predicted octanol–water partition coefficient (Wildman–Crippen LogP) is 13.3. The van der Waals surface area contributed by atoms with E-state index in [1.165, 1.54) is 148 Å². The lowest BCUT2D eigenvalue weighted by atomic mass is 10.0. The van der Waals surface area contributed by atoms with Crippen molar-refractivity contribution in [2.24, 2.45) is 0 Å². The molecule has 1 N–H and O–H groups in total. The molecule has 0 rings (SSSR count). The van der Waals surface area contributed by atoms with Crippen LogP contribution < -0.4 is 0 Å². The van der Waals surface area contributed by atoms with Crippen molar-refractivity contribution in [2.75, 3.05) is 0 Å². The van der Waals surface area contributed by atoms with Gasteiger partial charge < -0.3 is 9.84 Å². The Morgan fingerprint density at radius 2 is 0.698 bits per heavy atom. The van der Waals surface area contributed by atoms with Gasteiger partial charge in [0, 0.05) is 12.8 Å². The lowest BCUT2D eigenvalue weighted by Gasteiger charge is -2.18. The van der Waals surface area contributed by atoms with Crippen molar-refractivity contribution in [3.05, 3.63) is 0 Å². The zero-order valence-electron chi connectivity index (χ0n) is 29.3. The molecule has 0 spiro atoms. The number of hydrogen-bond acceptors (Lipinski definition) is 3. The smallest absolute Gasteiger partial charge is 0.306 e. The molecule has 0 aromatic heterocycles. The van der Waals surface area contributed by atoms with E-state index in [0.29, 0.717) is 6.42 Å². The van der Waals surface area contributed by atoms with Gasteiger partial charge in [0.2, 0.25) is 0 Å². The number of carboxylic acids is 1. The average Bonchev–Trinajstić information content (AvgIpc) is 2.99. The van der Waals surface area contributed by atoms with Crippen molar-refractivity contribution in [1.82, 2.24) is 0 Å². The molecule has 0 aliphatic heterocycles. The summed E-state index contributed by atoms with van der Waals surface area (Å²) in [5, 5.41) is 8.84. The van der Waals surface area contributed by atoms with Crippen molar-refractivity contribution < 1.29 is 19.4 Å². The quantitative estimate of drug-likeness (QED) is 0.0567. The van der Waals surface area contributed by atoms with E-state index >= 15 is 0 Å². The zero-order chi connectivity index (χ0) is 31.5. The van der Waals surface area contributed by atoms with Crippen molar-refractivity contribution in [1.29, 1.82) is 0 Å². The molecule has 0 saturated carbocycles. The fraction of sp³-hybridized carbons (Fsp3) is 0.949. The largest absolute Gasteiger partial charge is 0.481 e. The maximum Gasteiger partial charge on any atom is 0.306 e. The molecule has 0 radical (unpaired) electrons. The molecule has 0 heterocycles. The van der Waals surface area contributed by atoms with Gasteiger partial charge in [-0.25, -0.2) is 0 Å². The molecule has 4 nitrogen and oxygen atoms in total. The zero-order valence-corrected chi connectivity index (χ0v) is 29.3. The van der Waals surface area contributed by atoms with E-state index in [-0.39, 0.29) is 18.5 Å². The number of aliphatic carboxylic acids is 1. The first-order valence-electron chi connectivity index (χ1n) is 19.5. The molecule has 1 unspecified atom stereocenters. The minimum Gasteiger partial charge on any atom is -0.481 e. The number of unbranched alkanes of at least 4 members (excludes halogenated alkanes) is 27. The number of ether oxygens (including phenoxy) is 1. The Hall–Kier alpha value is -1.06. The molecular formula is C39H76O4. The Balaban J connectivity index is 3.96. The first-order valence-corrected chi connectivity index (χ1v) is 19.5. The third kappa shape index (κ3) is 35.3. The van der Waals surface area contributed by atoms with Crippen LogP contribution in [0.2, 0.25) is 0 Å². The molecule has 0 aliphatic carbocycles. The fourth-order valence-corrected chi connectivity index (χ4v) is 6.19. The number of rotatable bonds is 36. The van der Waals surface area contributed by atoms with Gasteiger partial charge in [0.1, 0.15) is 6.10 Å². The van der Waals surface area contributed by atoms with Gasteiger partial charge in [0.05, 0.1) is 0 Å². The average molecular weight is 609 g/mol. The summed E-state index contributed by atoms with van der Waals surface area (Å²) >= 11 is 0. The van der Waals surface area contributed by atoms with Crippen LogP contribution in [0.4, 0.5) is 0 Å². The van der Waals surface area contributed by atoms with Gasteiger partial charge in [0.15, 0.2) is 0 Å². The Kier molecular flexibility index (Phi) is 34.5. The molecule has 1 atom stereocenters. The lowest BCUT2D eigenvalue weighted by molar-refractivity contribution is -0.150. The van der Waals surface area contributed by atoms with Crippen LogP contribution in [0, 0.1) is 0 Å². The van der Waals surface area contributed by atoms with Crippen LogP contribution in [-0.4, -0.2) is 23.1 Å². The summed E-state index contributed by atoms with van der Waals surface area (Å²) in [4.78, 5) is 23.3. The second kappa shape index (κ2) is 35.4. The van der Waals surface area contributed by atoms with Gasteiger partial charge in [-0.2, -0.15) is 0 Å². The minimum absolute atomic E-state index is 0.00619. The SMILES string of the molecule is CCCCCCCCCCCCCCCCC(CCCCCCC(=O)O)OC(=O)CCCCCCCCCCCCCC. The van der Waals surface area contributed by atoms with Gasteiger partial charge in [-0.3, -0.25) is 9.59 Å². The molecule has 0 aliphatic rings. The second-order valence-electron chi connectivity index (χ2n) is 13.5. The highest BCUT2D eigenvalue weighted by molar-refractivity contribution is 5.69. The van der Waals surface area contributed by atoms with Crippen LogP contribution in [0.1, 0.15) is 232 Å². The normalized spacial score (nSPS) is 12.0. The summed E-state index contributed by atoms with van der Waals surface area (Å²) in [5.41, 5.74) is 0. The van der Waals surface area contributed by atoms with E-state index in [0.717, 1.165) is 57.8 Å². The summed E-state index contributed by atoms with van der Waals surface area (Å²) in [7, 11) is 0. The van der Waals surface area contributed by atoms with E-state index in [1.807, 2.05) is 0 Å².